The number of amides is 1. The van der Waals surface area contributed by atoms with Crippen LogP contribution in [0.25, 0.3) is 0 Å². The number of hydrogen-bond donors (Lipinski definition) is 2. The molecule has 1 amide bonds. The van der Waals surface area contributed by atoms with E-state index in [1.54, 1.807) is 0 Å². The van der Waals surface area contributed by atoms with Gasteiger partial charge in [0.25, 0.3) is 0 Å². The number of aryl methyl sites for hydroxylation is 1. The number of benzene rings is 2. The average molecular weight is 421 g/mol. The summed E-state index contributed by atoms with van der Waals surface area (Å²) in [5, 5.41) is 6.76. The maximum atomic E-state index is 12.4. The second-order valence-electron chi connectivity index (χ2n) is 8.72. The molecule has 2 aromatic carbocycles. The van der Waals surface area contributed by atoms with Gasteiger partial charge in [-0.3, -0.25) is 9.69 Å². The summed E-state index contributed by atoms with van der Waals surface area (Å²) in [7, 11) is 0. The van der Waals surface area contributed by atoms with Crippen LogP contribution in [0.4, 0.5) is 22.7 Å². The minimum atomic E-state index is 0.0330. The molecule has 0 unspecified atom stereocenters. The van der Waals surface area contributed by atoms with Crippen LogP contribution in [-0.2, 0) is 22.4 Å². The van der Waals surface area contributed by atoms with E-state index in [4.69, 9.17) is 4.74 Å². The van der Waals surface area contributed by atoms with E-state index in [2.05, 4.69) is 44.7 Å². The van der Waals surface area contributed by atoms with Crippen molar-refractivity contribution in [1.29, 1.82) is 0 Å². The number of morpholine rings is 1. The summed E-state index contributed by atoms with van der Waals surface area (Å²) in [6, 6.07) is 12.9. The first-order chi connectivity index (χ1) is 15.3. The van der Waals surface area contributed by atoms with Crippen LogP contribution in [0.3, 0.4) is 0 Å². The van der Waals surface area contributed by atoms with Crippen LogP contribution in [0.5, 0.6) is 0 Å². The fraction of sp³-hybridized carbons (Fsp3) is 0.480. The third kappa shape index (κ3) is 4.55. The van der Waals surface area contributed by atoms with Crippen molar-refractivity contribution in [3.05, 3.63) is 47.5 Å². The molecule has 0 radical (unpaired) electrons. The predicted octanol–water partition coefficient (Wildman–Crippen LogP) is 3.79. The Bertz CT molecular complexity index is 922. The molecule has 0 atom stereocenters. The molecule has 2 aliphatic heterocycles. The molecule has 1 aliphatic carbocycles. The summed E-state index contributed by atoms with van der Waals surface area (Å²) in [5.74, 6) is 0.0330. The highest BCUT2D eigenvalue weighted by molar-refractivity contribution is 5.92. The Morgan fingerprint density at radius 3 is 2.61 bits per heavy atom. The summed E-state index contributed by atoms with van der Waals surface area (Å²) in [6.45, 7) is 5.46. The fourth-order valence-electron chi connectivity index (χ4n) is 4.96. The number of nitrogens with zero attached hydrogens (tertiary/aromatic N) is 2. The monoisotopic (exact) mass is 420 g/mol. The first kappa shape index (κ1) is 20.3. The summed E-state index contributed by atoms with van der Waals surface area (Å²) >= 11 is 0. The Labute approximate surface area is 184 Å². The first-order valence-corrected chi connectivity index (χ1v) is 11.6. The lowest BCUT2D eigenvalue weighted by Gasteiger charge is -2.28. The van der Waals surface area contributed by atoms with Crippen LogP contribution in [0.1, 0.15) is 30.4 Å². The van der Waals surface area contributed by atoms with Crippen LogP contribution >= 0.6 is 0 Å². The zero-order chi connectivity index (χ0) is 21.0. The van der Waals surface area contributed by atoms with E-state index in [0.717, 1.165) is 38.3 Å². The van der Waals surface area contributed by atoms with Crippen molar-refractivity contribution >= 4 is 28.7 Å². The van der Waals surface area contributed by atoms with Crippen LogP contribution in [0, 0.1) is 0 Å². The van der Waals surface area contributed by atoms with Gasteiger partial charge < -0.3 is 20.3 Å². The normalized spacial score (nSPS) is 19.0. The second-order valence-corrected chi connectivity index (χ2v) is 8.72. The number of nitrogens with one attached hydrogen (secondary N) is 2. The van der Waals surface area contributed by atoms with Crippen molar-refractivity contribution in [2.45, 2.75) is 32.1 Å². The molecule has 2 N–H and O–H groups in total. The van der Waals surface area contributed by atoms with Gasteiger partial charge in [0.15, 0.2) is 0 Å². The number of ether oxygens (including phenoxy) is 1. The van der Waals surface area contributed by atoms with E-state index in [0.29, 0.717) is 19.8 Å². The van der Waals surface area contributed by atoms with E-state index < -0.39 is 0 Å². The molecule has 3 aliphatic rings. The SMILES string of the molecule is O=C(CN1CCOCC1)Nc1ccc(N2CCCNc3c2ccc2c3CCCC2)cc1. The molecule has 31 heavy (non-hydrogen) atoms. The Kier molecular flexibility index (Phi) is 6.09. The van der Waals surface area contributed by atoms with Gasteiger partial charge in [0.1, 0.15) is 0 Å². The Hall–Kier alpha value is -2.57. The second kappa shape index (κ2) is 9.28. The molecule has 0 spiro atoms. The topological polar surface area (TPSA) is 56.8 Å². The number of carbonyl (C=O) groups excluding carboxylic acids is 1. The number of hydrogen-bond acceptors (Lipinski definition) is 5. The Morgan fingerprint density at radius 2 is 1.77 bits per heavy atom. The average Bonchev–Trinajstić information content (AvgIpc) is 3.03. The zero-order valence-corrected chi connectivity index (χ0v) is 18.2. The fourth-order valence-corrected chi connectivity index (χ4v) is 4.96. The minimum Gasteiger partial charge on any atom is -0.383 e. The highest BCUT2D eigenvalue weighted by Crippen LogP contribution is 2.40. The molecule has 0 bridgehead atoms. The number of fused-ring (bicyclic) bond motifs is 3. The maximum absolute atomic E-state index is 12.4. The molecular weight excluding hydrogens is 388 g/mol. The van der Waals surface area contributed by atoms with E-state index in [1.165, 1.54) is 53.9 Å². The third-order valence-electron chi connectivity index (χ3n) is 6.60. The van der Waals surface area contributed by atoms with Crippen molar-refractivity contribution in [3.8, 4) is 0 Å². The van der Waals surface area contributed by atoms with E-state index in [9.17, 15) is 4.79 Å². The molecular formula is C25H32N4O2. The summed E-state index contributed by atoms with van der Waals surface area (Å²) < 4.78 is 5.35. The predicted molar refractivity (Wildman–Crippen MR) is 126 cm³/mol. The quantitative estimate of drug-likeness (QED) is 0.788. The molecule has 5 rings (SSSR count). The lowest BCUT2D eigenvalue weighted by atomic mass is 9.89. The number of carbonyl (C=O) groups is 1. The van der Waals surface area contributed by atoms with Gasteiger partial charge in [-0.2, -0.15) is 0 Å². The molecule has 6 nitrogen and oxygen atoms in total. The van der Waals surface area contributed by atoms with Crippen molar-refractivity contribution in [1.82, 2.24) is 4.90 Å². The van der Waals surface area contributed by atoms with Gasteiger partial charge in [-0.25, -0.2) is 0 Å². The van der Waals surface area contributed by atoms with Crippen molar-refractivity contribution in [2.75, 3.05) is 61.5 Å². The van der Waals surface area contributed by atoms with Crippen molar-refractivity contribution in [2.24, 2.45) is 0 Å². The molecule has 2 aromatic rings. The summed E-state index contributed by atoms with van der Waals surface area (Å²) in [6.07, 6.45) is 6.05. The third-order valence-corrected chi connectivity index (χ3v) is 6.60. The summed E-state index contributed by atoms with van der Waals surface area (Å²) in [4.78, 5) is 17.0. The highest BCUT2D eigenvalue weighted by Gasteiger charge is 2.22. The van der Waals surface area contributed by atoms with Crippen LogP contribution in [0.15, 0.2) is 36.4 Å². The van der Waals surface area contributed by atoms with Crippen LogP contribution in [-0.4, -0.2) is 56.7 Å². The zero-order valence-electron chi connectivity index (χ0n) is 18.2. The van der Waals surface area contributed by atoms with E-state index in [-0.39, 0.29) is 5.91 Å². The van der Waals surface area contributed by atoms with Gasteiger partial charge >= 0.3 is 0 Å². The maximum Gasteiger partial charge on any atom is 0.238 e. The van der Waals surface area contributed by atoms with Gasteiger partial charge in [-0.1, -0.05) is 6.07 Å². The smallest absolute Gasteiger partial charge is 0.238 e. The first-order valence-electron chi connectivity index (χ1n) is 11.6. The molecule has 0 aromatic heterocycles. The van der Waals surface area contributed by atoms with E-state index in [1.807, 2.05) is 12.1 Å². The van der Waals surface area contributed by atoms with Crippen molar-refractivity contribution < 1.29 is 9.53 Å². The van der Waals surface area contributed by atoms with Gasteiger partial charge in [0.2, 0.25) is 5.91 Å². The standard InChI is InChI=1S/C25H32N4O2/c30-24(18-28-14-16-31-17-15-28)27-20-7-9-21(10-8-20)29-13-3-12-26-25-22-5-2-1-4-19(22)6-11-23(25)29/h6-11,26H,1-5,12-18H2,(H,27,30). The molecule has 2 heterocycles. The lowest BCUT2D eigenvalue weighted by molar-refractivity contribution is -0.118. The molecule has 1 saturated heterocycles. The van der Waals surface area contributed by atoms with Crippen LogP contribution in [0.2, 0.25) is 0 Å². The van der Waals surface area contributed by atoms with Gasteiger partial charge in [-0.05, 0) is 73.6 Å². The lowest BCUT2D eigenvalue weighted by Crippen LogP contribution is -2.41. The number of rotatable bonds is 4. The highest BCUT2D eigenvalue weighted by atomic mass is 16.5. The Morgan fingerprint density at radius 1 is 0.968 bits per heavy atom. The van der Waals surface area contributed by atoms with Crippen molar-refractivity contribution in [3.63, 3.8) is 0 Å². The molecule has 0 saturated carbocycles. The van der Waals surface area contributed by atoms with Crippen LogP contribution < -0.4 is 15.5 Å². The van der Waals surface area contributed by atoms with Gasteiger partial charge in [0, 0.05) is 37.6 Å². The minimum absolute atomic E-state index is 0.0330. The summed E-state index contributed by atoms with van der Waals surface area (Å²) in [5.41, 5.74) is 7.66. The largest absolute Gasteiger partial charge is 0.383 e. The molecule has 1 fully saturated rings. The number of anilines is 4. The Balaban J connectivity index is 1.31. The van der Waals surface area contributed by atoms with Gasteiger partial charge in [0.05, 0.1) is 31.1 Å². The van der Waals surface area contributed by atoms with Gasteiger partial charge in [-0.15, -0.1) is 0 Å². The van der Waals surface area contributed by atoms with E-state index >= 15 is 0 Å². The molecule has 164 valence electrons. The molecule has 6 heteroatoms.